The molecule has 4 aliphatic carbocycles. The summed E-state index contributed by atoms with van der Waals surface area (Å²) in [5.41, 5.74) is 3.41. The molecule has 184 valence electrons. The van der Waals surface area contributed by atoms with Gasteiger partial charge in [-0.2, -0.15) is 0 Å². The average Bonchev–Trinajstić information content (AvgIpc) is 3.20. The lowest BCUT2D eigenvalue weighted by molar-refractivity contribution is -0.140. The van der Waals surface area contributed by atoms with E-state index in [-0.39, 0.29) is 29.0 Å². The molecule has 5 aliphatic rings. The molecule has 0 amide bonds. The van der Waals surface area contributed by atoms with Crippen LogP contribution < -0.4 is 0 Å². The van der Waals surface area contributed by atoms with Crippen molar-refractivity contribution in [3.63, 3.8) is 0 Å². The van der Waals surface area contributed by atoms with E-state index in [1.807, 2.05) is 13.0 Å². The first-order valence-electron chi connectivity index (χ1n) is 13.6. The molecule has 3 nitrogen and oxygen atoms in total. The standard InChI is InChI=1S/C30H46O3/c1-18(16-20-17-19(2)26(32)33-20)21-10-14-30(7)23-8-9-24-27(3,4)25(31)12-13-28(24,5)22(23)11-15-29(21,30)6/h8,17-18,20-22,24-25,31H,9-16H2,1-7H3/t18-,20?,21-,22+,24+,25?,28-,29-,30+/m1/s1. The first-order chi connectivity index (χ1) is 15.3. The molecule has 0 aromatic carbocycles. The Morgan fingerprint density at radius 3 is 2.48 bits per heavy atom. The van der Waals surface area contributed by atoms with E-state index in [1.165, 1.54) is 25.7 Å². The Morgan fingerprint density at radius 1 is 1.09 bits per heavy atom. The highest BCUT2D eigenvalue weighted by Crippen LogP contribution is 2.73. The van der Waals surface area contributed by atoms with Crippen LogP contribution in [0.3, 0.4) is 0 Å². The predicted molar refractivity (Wildman–Crippen MR) is 132 cm³/mol. The zero-order valence-corrected chi connectivity index (χ0v) is 22.0. The third-order valence-corrected chi connectivity index (χ3v) is 12.2. The lowest BCUT2D eigenvalue weighted by atomic mass is 9.41. The molecular formula is C30H46O3. The fourth-order valence-corrected chi connectivity index (χ4v) is 9.91. The molecule has 0 spiro atoms. The van der Waals surface area contributed by atoms with Crippen LogP contribution in [0.1, 0.15) is 99.8 Å². The van der Waals surface area contributed by atoms with Gasteiger partial charge >= 0.3 is 5.97 Å². The van der Waals surface area contributed by atoms with Gasteiger partial charge in [0.15, 0.2) is 0 Å². The van der Waals surface area contributed by atoms with E-state index in [4.69, 9.17) is 4.74 Å². The van der Waals surface area contributed by atoms with Gasteiger partial charge in [-0.15, -0.1) is 0 Å². The molecule has 0 aromatic rings. The Hall–Kier alpha value is -1.09. The lowest BCUT2D eigenvalue weighted by Crippen LogP contribution is -2.58. The van der Waals surface area contributed by atoms with Crippen LogP contribution in [0.15, 0.2) is 23.3 Å². The summed E-state index contributed by atoms with van der Waals surface area (Å²) in [5.74, 6) is 2.32. The molecule has 5 rings (SSSR count). The number of carbonyl (C=O) groups is 1. The highest BCUT2D eigenvalue weighted by Gasteiger charge is 2.65. The van der Waals surface area contributed by atoms with Crippen molar-refractivity contribution in [2.75, 3.05) is 0 Å². The van der Waals surface area contributed by atoms with Crippen LogP contribution in [0.2, 0.25) is 0 Å². The molecule has 1 N–H and O–H groups in total. The third-order valence-electron chi connectivity index (χ3n) is 12.2. The molecule has 33 heavy (non-hydrogen) atoms. The quantitative estimate of drug-likeness (QED) is 0.375. The summed E-state index contributed by atoms with van der Waals surface area (Å²) in [5, 5.41) is 10.8. The van der Waals surface area contributed by atoms with Crippen molar-refractivity contribution in [1.29, 1.82) is 0 Å². The highest BCUT2D eigenvalue weighted by atomic mass is 16.5. The van der Waals surface area contributed by atoms with E-state index in [2.05, 4.69) is 47.6 Å². The van der Waals surface area contributed by atoms with Crippen LogP contribution in [0.5, 0.6) is 0 Å². The third kappa shape index (κ3) is 3.13. The number of allylic oxidation sites excluding steroid dienone is 2. The summed E-state index contributed by atoms with van der Waals surface area (Å²) in [7, 11) is 0. The Morgan fingerprint density at radius 2 is 1.82 bits per heavy atom. The van der Waals surface area contributed by atoms with Gasteiger partial charge in [0.1, 0.15) is 6.10 Å². The van der Waals surface area contributed by atoms with Crippen molar-refractivity contribution in [2.24, 2.45) is 45.3 Å². The van der Waals surface area contributed by atoms with Gasteiger partial charge in [-0.1, -0.05) is 53.2 Å². The number of rotatable bonds is 3. The SMILES string of the molecule is CC1=CC(C[C@@H](C)[C@H]2CC[C@@]3(C)C4=CC[C@H]5C(C)(C)C(O)CC[C@]5(C)[C@H]4CC[C@]23C)OC1=O. The average molecular weight is 455 g/mol. The zero-order chi connectivity index (χ0) is 24.0. The van der Waals surface area contributed by atoms with E-state index >= 15 is 0 Å². The number of fused-ring (bicyclic) bond motifs is 5. The van der Waals surface area contributed by atoms with Gasteiger partial charge < -0.3 is 9.84 Å². The van der Waals surface area contributed by atoms with Crippen LogP contribution in [-0.4, -0.2) is 23.3 Å². The second kappa shape index (κ2) is 7.45. The summed E-state index contributed by atoms with van der Waals surface area (Å²) >= 11 is 0. The smallest absolute Gasteiger partial charge is 0.334 e. The fraction of sp³-hybridized carbons (Fsp3) is 0.833. The molecule has 1 aliphatic heterocycles. The molecule has 3 heteroatoms. The maximum atomic E-state index is 11.9. The molecule has 3 fully saturated rings. The first-order valence-corrected chi connectivity index (χ1v) is 13.6. The van der Waals surface area contributed by atoms with E-state index in [0.29, 0.717) is 34.5 Å². The summed E-state index contributed by atoms with van der Waals surface area (Å²) in [6.45, 7) is 16.6. The number of ether oxygens (including phenoxy) is 1. The molecule has 2 unspecified atom stereocenters. The monoisotopic (exact) mass is 454 g/mol. The molecule has 3 saturated carbocycles. The Kier molecular flexibility index (Phi) is 5.34. The second-order valence-corrected chi connectivity index (χ2v) is 13.8. The summed E-state index contributed by atoms with van der Waals surface area (Å²) in [4.78, 5) is 11.9. The largest absolute Gasteiger partial charge is 0.455 e. The Labute approximate surface area is 201 Å². The van der Waals surface area contributed by atoms with Crippen LogP contribution in [0.4, 0.5) is 0 Å². The molecule has 0 radical (unpaired) electrons. The van der Waals surface area contributed by atoms with Gasteiger partial charge in [-0.05, 0) is 110 Å². The van der Waals surface area contributed by atoms with Gasteiger partial charge in [0.2, 0.25) is 0 Å². The molecule has 0 aromatic heterocycles. The van der Waals surface area contributed by atoms with Crippen molar-refractivity contribution in [3.05, 3.63) is 23.3 Å². The number of hydrogen-bond acceptors (Lipinski definition) is 3. The first kappa shape index (κ1) is 23.6. The minimum atomic E-state index is -0.172. The van der Waals surface area contributed by atoms with Crippen LogP contribution in [0.25, 0.3) is 0 Å². The lowest BCUT2D eigenvalue weighted by Gasteiger charge is -2.64. The van der Waals surface area contributed by atoms with Gasteiger partial charge in [0.25, 0.3) is 0 Å². The normalized spacial score (nSPS) is 49.3. The van der Waals surface area contributed by atoms with Crippen molar-refractivity contribution >= 4 is 5.97 Å². The van der Waals surface area contributed by atoms with Gasteiger partial charge in [0, 0.05) is 5.57 Å². The van der Waals surface area contributed by atoms with Crippen molar-refractivity contribution < 1.29 is 14.6 Å². The maximum absolute atomic E-state index is 11.9. The molecular weight excluding hydrogens is 408 g/mol. The van der Waals surface area contributed by atoms with E-state index < -0.39 is 0 Å². The number of hydrogen-bond donors (Lipinski definition) is 1. The van der Waals surface area contributed by atoms with E-state index in [1.54, 1.807) is 5.57 Å². The Bertz CT molecular complexity index is 898. The fourth-order valence-electron chi connectivity index (χ4n) is 9.91. The number of carbonyl (C=O) groups excluding carboxylic acids is 1. The topological polar surface area (TPSA) is 46.5 Å². The van der Waals surface area contributed by atoms with Crippen LogP contribution >= 0.6 is 0 Å². The van der Waals surface area contributed by atoms with Gasteiger partial charge in [0.05, 0.1) is 6.10 Å². The zero-order valence-electron chi connectivity index (χ0n) is 22.0. The van der Waals surface area contributed by atoms with E-state index in [0.717, 1.165) is 31.3 Å². The summed E-state index contributed by atoms with van der Waals surface area (Å²) in [6, 6.07) is 0. The highest BCUT2D eigenvalue weighted by molar-refractivity contribution is 5.90. The minimum Gasteiger partial charge on any atom is -0.455 e. The number of cyclic esters (lactones) is 1. The number of esters is 1. The predicted octanol–water partition coefficient (Wildman–Crippen LogP) is 6.85. The van der Waals surface area contributed by atoms with Crippen molar-refractivity contribution in [3.8, 4) is 0 Å². The van der Waals surface area contributed by atoms with E-state index in [9.17, 15) is 9.90 Å². The molecule has 0 bridgehead atoms. The van der Waals surface area contributed by atoms with Crippen molar-refractivity contribution in [2.45, 2.75) is 112 Å². The Balaban J connectivity index is 1.42. The van der Waals surface area contributed by atoms with Gasteiger partial charge in [-0.25, -0.2) is 4.79 Å². The second-order valence-electron chi connectivity index (χ2n) is 13.8. The van der Waals surface area contributed by atoms with Crippen molar-refractivity contribution in [1.82, 2.24) is 0 Å². The summed E-state index contributed by atoms with van der Waals surface area (Å²) in [6.07, 6.45) is 13.8. The minimum absolute atomic E-state index is 0.00617. The molecule has 0 saturated heterocycles. The molecule has 1 heterocycles. The summed E-state index contributed by atoms with van der Waals surface area (Å²) < 4.78 is 5.62. The van der Waals surface area contributed by atoms with Crippen LogP contribution in [0, 0.1) is 45.3 Å². The number of aliphatic hydroxyl groups excluding tert-OH is 1. The van der Waals surface area contributed by atoms with Crippen LogP contribution in [-0.2, 0) is 9.53 Å². The van der Waals surface area contributed by atoms with Gasteiger partial charge in [-0.3, -0.25) is 0 Å². The number of aliphatic hydroxyl groups is 1. The molecule has 9 atom stereocenters. The maximum Gasteiger partial charge on any atom is 0.334 e.